The molecule has 0 atom stereocenters. The maximum atomic E-state index is 12.7. The van der Waals surface area contributed by atoms with E-state index in [1.54, 1.807) is 16.7 Å². The van der Waals surface area contributed by atoms with Crippen LogP contribution in [0.25, 0.3) is 0 Å². The molecule has 7 nitrogen and oxygen atoms in total. The summed E-state index contributed by atoms with van der Waals surface area (Å²) in [5.74, 6) is -0.293. The number of carbonyl (C=O) groups is 2. The molecule has 3 amide bonds. The van der Waals surface area contributed by atoms with Gasteiger partial charge in [0.25, 0.3) is 5.91 Å². The van der Waals surface area contributed by atoms with Gasteiger partial charge in [0.1, 0.15) is 6.07 Å². The molecule has 1 aromatic heterocycles. The van der Waals surface area contributed by atoms with Crippen molar-refractivity contribution in [1.29, 1.82) is 5.26 Å². The number of primary amides is 1. The van der Waals surface area contributed by atoms with Crippen LogP contribution in [0.5, 0.6) is 0 Å². The molecule has 1 aromatic carbocycles. The number of nitrogens with zero attached hydrogens (tertiary/aromatic N) is 3. The second kappa shape index (κ2) is 7.24. The Hall–Kier alpha value is -2.92. The number of benzene rings is 1. The lowest BCUT2D eigenvalue weighted by Crippen LogP contribution is -2.41. The number of hydrogen-bond acceptors (Lipinski definition) is 4. The van der Waals surface area contributed by atoms with Crippen molar-refractivity contribution < 1.29 is 9.59 Å². The standard InChI is InChI=1S/C20H21N5O2S/c1-28-14-6-4-13(5-7-14)23-20(27)24-8-9-25-16(11-24)17(19(22)26)15(10-21)18(25)12-2-3-12/h4-7,12H,2-3,8-9,11H2,1H3,(H2,22,26)(H,23,27). The number of nitriles is 1. The largest absolute Gasteiger partial charge is 0.366 e. The minimum atomic E-state index is -0.609. The lowest BCUT2D eigenvalue weighted by Gasteiger charge is -2.30. The van der Waals surface area contributed by atoms with Crippen molar-refractivity contribution in [2.45, 2.75) is 36.7 Å². The number of amides is 3. The molecule has 2 aromatic rings. The summed E-state index contributed by atoms with van der Waals surface area (Å²) in [5, 5.41) is 12.5. The Balaban J connectivity index is 1.59. The Morgan fingerprint density at radius 1 is 1.25 bits per heavy atom. The van der Waals surface area contributed by atoms with Crippen molar-refractivity contribution in [2.24, 2.45) is 5.73 Å². The van der Waals surface area contributed by atoms with E-state index in [9.17, 15) is 14.9 Å². The van der Waals surface area contributed by atoms with Crippen LogP contribution in [0.4, 0.5) is 10.5 Å². The number of anilines is 1. The average molecular weight is 395 g/mol. The van der Waals surface area contributed by atoms with Gasteiger partial charge in [0.15, 0.2) is 0 Å². The van der Waals surface area contributed by atoms with Crippen LogP contribution >= 0.6 is 11.8 Å². The summed E-state index contributed by atoms with van der Waals surface area (Å²) in [7, 11) is 0. The molecule has 1 aliphatic carbocycles. The number of nitrogens with two attached hydrogens (primary N) is 1. The molecule has 2 aliphatic rings. The maximum Gasteiger partial charge on any atom is 0.322 e. The molecule has 28 heavy (non-hydrogen) atoms. The Bertz CT molecular complexity index is 986. The Morgan fingerprint density at radius 2 is 1.96 bits per heavy atom. The summed E-state index contributed by atoms with van der Waals surface area (Å²) in [6.07, 6.45) is 4.04. The third-order valence-corrected chi connectivity index (χ3v) is 6.04. The molecule has 4 rings (SSSR count). The van der Waals surface area contributed by atoms with E-state index in [2.05, 4.69) is 11.4 Å². The van der Waals surface area contributed by atoms with Crippen molar-refractivity contribution in [2.75, 3.05) is 18.1 Å². The Kier molecular flexibility index (Phi) is 4.77. The van der Waals surface area contributed by atoms with Crippen LogP contribution < -0.4 is 11.1 Å². The van der Waals surface area contributed by atoms with Gasteiger partial charge in [-0.2, -0.15) is 5.26 Å². The van der Waals surface area contributed by atoms with Crippen molar-refractivity contribution in [3.63, 3.8) is 0 Å². The van der Waals surface area contributed by atoms with Crippen LogP contribution in [0.3, 0.4) is 0 Å². The summed E-state index contributed by atoms with van der Waals surface area (Å²) in [6, 6.07) is 9.58. The monoisotopic (exact) mass is 395 g/mol. The zero-order valence-corrected chi connectivity index (χ0v) is 16.4. The highest BCUT2D eigenvalue weighted by Gasteiger charge is 2.37. The molecule has 0 unspecified atom stereocenters. The van der Waals surface area contributed by atoms with Crippen molar-refractivity contribution in [1.82, 2.24) is 9.47 Å². The van der Waals surface area contributed by atoms with E-state index < -0.39 is 5.91 Å². The fourth-order valence-electron chi connectivity index (χ4n) is 3.80. The Morgan fingerprint density at radius 3 is 2.54 bits per heavy atom. The molecule has 144 valence electrons. The fourth-order valence-corrected chi connectivity index (χ4v) is 4.21. The van der Waals surface area contributed by atoms with Crippen LogP contribution in [-0.4, -0.2) is 34.2 Å². The van der Waals surface area contributed by atoms with Crippen LogP contribution in [0.15, 0.2) is 29.2 Å². The molecule has 2 heterocycles. The van der Waals surface area contributed by atoms with Gasteiger partial charge in [-0.05, 0) is 43.4 Å². The predicted octanol–water partition coefficient (Wildman–Crippen LogP) is 3.11. The van der Waals surface area contributed by atoms with Gasteiger partial charge < -0.3 is 20.5 Å². The fraction of sp³-hybridized carbons (Fsp3) is 0.350. The normalized spacial score (nSPS) is 15.6. The van der Waals surface area contributed by atoms with Crippen molar-refractivity contribution in [3.05, 3.63) is 46.8 Å². The number of thioether (sulfide) groups is 1. The summed E-state index contributed by atoms with van der Waals surface area (Å²) in [6.45, 7) is 1.33. The lowest BCUT2D eigenvalue weighted by atomic mass is 10.1. The van der Waals surface area contributed by atoms with Gasteiger partial charge in [-0.3, -0.25) is 4.79 Å². The summed E-state index contributed by atoms with van der Waals surface area (Å²) in [5.41, 5.74) is 8.56. The number of aromatic nitrogens is 1. The van der Waals surface area contributed by atoms with Gasteiger partial charge >= 0.3 is 6.03 Å². The second-order valence-electron chi connectivity index (χ2n) is 7.06. The van der Waals surface area contributed by atoms with Crippen LogP contribution in [-0.2, 0) is 13.1 Å². The van der Waals surface area contributed by atoms with Crippen molar-refractivity contribution >= 4 is 29.4 Å². The maximum absolute atomic E-state index is 12.7. The molecule has 1 saturated carbocycles. The summed E-state index contributed by atoms with van der Waals surface area (Å²) >= 11 is 1.64. The molecule has 8 heteroatoms. The summed E-state index contributed by atoms with van der Waals surface area (Å²) < 4.78 is 2.04. The zero-order valence-electron chi connectivity index (χ0n) is 15.6. The lowest BCUT2D eigenvalue weighted by molar-refractivity contribution is 0.0997. The van der Waals surface area contributed by atoms with E-state index in [1.807, 2.05) is 35.1 Å². The van der Waals surface area contributed by atoms with Gasteiger partial charge in [0.05, 0.1) is 23.4 Å². The van der Waals surface area contributed by atoms with Crippen LogP contribution in [0, 0.1) is 11.3 Å². The average Bonchev–Trinajstić information content (AvgIpc) is 3.48. The number of nitrogens with one attached hydrogen (secondary N) is 1. The summed E-state index contributed by atoms with van der Waals surface area (Å²) in [4.78, 5) is 27.6. The molecule has 3 N–H and O–H groups in total. The van der Waals surface area contributed by atoms with Gasteiger partial charge in [0, 0.05) is 35.3 Å². The SMILES string of the molecule is CSc1ccc(NC(=O)N2CCn3c(c(C(N)=O)c(C#N)c3C3CC3)C2)cc1. The molecule has 0 spiro atoms. The molecule has 1 aliphatic heterocycles. The zero-order chi connectivity index (χ0) is 19.8. The number of fused-ring (bicyclic) bond motifs is 1. The smallest absolute Gasteiger partial charge is 0.322 e. The highest BCUT2D eigenvalue weighted by molar-refractivity contribution is 7.98. The molecule has 1 fully saturated rings. The minimum absolute atomic E-state index is 0.230. The van der Waals surface area contributed by atoms with Crippen LogP contribution in [0.2, 0.25) is 0 Å². The molecular formula is C20H21N5O2S. The van der Waals surface area contributed by atoms with E-state index in [4.69, 9.17) is 5.73 Å². The van der Waals surface area contributed by atoms with Crippen molar-refractivity contribution in [3.8, 4) is 6.07 Å². The number of hydrogen-bond donors (Lipinski definition) is 2. The van der Waals surface area contributed by atoms with Gasteiger partial charge in [-0.25, -0.2) is 4.79 Å². The number of carbonyl (C=O) groups excluding carboxylic acids is 2. The first-order valence-corrected chi connectivity index (χ1v) is 10.4. The van der Waals surface area contributed by atoms with E-state index in [0.29, 0.717) is 30.3 Å². The first kappa shape index (κ1) is 18.4. The number of urea groups is 1. The third-order valence-electron chi connectivity index (χ3n) is 5.30. The van der Waals surface area contributed by atoms with Gasteiger partial charge in [-0.15, -0.1) is 11.8 Å². The third kappa shape index (κ3) is 3.22. The topological polar surface area (TPSA) is 104 Å². The van der Waals surface area contributed by atoms with Gasteiger partial charge in [0.2, 0.25) is 0 Å². The predicted molar refractivity (Wildman–Crippen MR) is 107 cm³/mol. The molecule has 0 saturated heterocycles. The van der Waals surface area contributed by atoms with Gasteiger partial charge in [-0.1, -0.05) is 0 Å². The van der Waals surface area contributed by atoms with Crippen LogP contribution in [0.1, 0.15) is 46.1 Å². The number of rotatable bonds is 4. The highest BCUT2D eigenvalue weighted by atomic mass is 32.2. The van der Waals surface area contributed by atoms with E-state index >= 15 is 0 Å². The first-order chi connectivity index (χ1) is 13.5. The minimum Gasteiger partial charge on any atom is -0.366 e. The first-order valence-electron chi connectivity index (χ1n) is 9.18. The van der Waals surface area contributed by atoms with E-state index in [1.165, 1.54) is 0 Å². The van der Waals surface area contributed by atoms with E-state index in [-0.39, 0.29) is 18.1 Å². The quantitative estimate of drug-likeness (QED) is 0.776. The molecule has 0 bridgehead atoms. The molecule has 0 radical (unpaired) electrons. The highest BCUT2D eigenvalue weighted by Crippen LogP contribution is 2.44. The second-order valence-corrected chi connectivity index (χ2v) is 7.94. The molecular weight excluding hydrogens is 374 g/mol. The van der Waals surface area contributed by atoms with E-state index in [0.717, 1.165) is 29.1 Å². The Labute approximate surface area is 167 Å².